The van der Waals surface area contributed by atoms with Gasteiger partial charge < -0.3 is 20.7 Å². The number of hydrogen-bond donors (Lipinski definition) is 1. The molecule has 5 nitrogen and oxygen atoms in total. The molecular weight excluding hydrogens is 390 g/mol. The van der Waals surface area contributed by atoms with Gasteiger partial charge in [0.1, 0.15) is 22.7 Å². The monoisotopic (exact) mass is 422 g/mol. The van der Waals surface area contributed by atoms with E-state index in [4.69, 9.17) is 19.3 Å². The van der Waals surface area contributed by atoms with E-state index in [0.29, 0.717) is 5.56 Å². The maximum Gasteiger partial charge on any atom is 1.00 e. The predicted octanol–water partition coefficient (Wildman–Crippen LogP) is 0.0117. The number of aliphatic hydroxyl groups excluding tert-OH is 1. The molecule has 4 rings (SSSR count). The molecule has 0 atom stereocenters. The minimum Gasteiger partial charge on any atom is -1.00 e. The smallest absolute Gasteiger partial charge is 1.00 e. The van der Waals surface area contributed by atoms with E-state index in [1.165, 1.54) is 7.11 Å². The molecule has 2 aromatic carbocycles. The first-order valence-electron chi connectivity index (χ1n) is 9.46. The van der Waals surface area contributed by atoms with Gasteiger partial charge in [0.25, 0.3) is 0 Å². The molecule has 0 bridgehead atoms. The number of aliphatic hydroxyl groups is 1. The van der Waals surface area contributed by atoms with E-state index in [-0.39, 0.29) is 61.4 Å². The van der Waals surface area contributed by atoms with E-state index >= 15 is 0 Å². The Labute approximate surface area is 202 Å². The first-order valence-corrected chi connectivity index (χ1v) is 9.46. The number of hydrogen-bond acceptors (Lipinski definition) is 5. The zero-order valence-corrected chi connectivity index (χ0v) is 18.2. The van der Waals surface area contributed by atoms with Crippen LogP contribution < -0.4 is 28.3 Å². The summed E-state index contributed by atoms with van der Waals surface area (Å²) in [5, 5.41) is 9.12. The molecular formula is C23H32AlLiO5. The van der Waals surface area contributed by atoms with Crippen molar-refractivity contribution in [1.29, 1.82) is 0 Å². The van der Waals surface area contributed by atoms with Crippen molar-refractivity contribution in [2.24, 2.45) is 0 Å². The Hall–Kier alpha value is -1.40. The minimum absolute atomic E-state index is 0. The molecule has 2 heterocycles. The van der Waals surface area contributed by atoms with Crippen molar-refractivity contribution in [1.82, 2.24) is 0 Å². The predicted molar refractivity (Wildman–Crippen MR) is 118 cm³/mol. The maximum atomic E-state index is 11.5. The van der Waals surface area contributed by atoms with Gasteiger partial charge in [-0.25, -0.2) is 4.79 Å². The molecule has 0 spiro atoms. The van der Waals surface area contributed by atoms with E-state index in [1.807, 2.05) is 44.2 Å². The summed E-state index contributed by atoms with van der Waals surface area (Å²) in [7, 11) is 1.39. The summed E-state index contributed by atoms with van der Waals surface area (Å²) in [6, 6.07) is 11.3. The SMILES string of the molecule is CC1(C)Cc2c(CO)cccc2O1.COC(=O)c1cccc2c1CC(C)(C)O2.[AlH3].[H-].[Li+]. The van der Waals surface area contributed by atoms with E-state index in [1.54, 1.807) is 6.07 Å². The van der Waals surface area contributed by atoms with Crippen LogP contribution in [-0.2, 0) is 24.2 Å². The summed E-state index contributed by atoms with van der Waals surface area (Å²) in [4.78, 5) is 11.5. The second kappa shape index (κ2) is 10.3. The van der Waals surface area contributed by atoms with Crippen LogP contribution in [0.25, 0.3) is 0 Å². The van der Waals surface area contributed by atoms with Crippen molar-refractivity contribution in [2.75, 3.05) is 7.11 Å². The molecule has 0 saturated carbocycles. The standard InChI is InChI=1S/C12H14O3.C11H14O2.Al.Li.4H/c1-12(2)7-9-8(11(13)14-3)5-4-6-10(9)15-12;1-11(2)6-9-8(7-12)4-3-5-10(9)13-11;;;;;;/h4-6H,7H2,1-3H3;3-5,12H,6-7H2,1-2H3;;;;;;/q;;;+1;;;;-1. The van der Waals surface area contributed by atoms with Crippen molar-refractivity contribution >= 4 is 23.3 Å². The van der Waals surface area contributed by atoms with Crippen molar-refractivity contribution in [3.05, 3.63) is 58.7 Å². The van der Waals surface area contributed by atoms with E-state index < -0.39 is 0 Å². The fourth-order valence-corrected chi connectivity index (χ4v) is 3.72. The van der Waals surface area contributed by atoms with Gasteiger partial charge >= 0.3 is 24.8 Å². The van der Waals surface area contributed by atoms with Crippen LogP contribution in [0.15, 0.2) is 36.4 Å². The number of carbonyl (C=O) groups excluding carboxylic acids is 1. The topological polar surface area (TPSA) is 65.0 Å². The molecule has 0 aromatic heterocycles. The fourth-order valence-electron chi connectivity index (χ4n) is 3.72. The van der Waals surface area contributed by atoms with Gasteiger partial charge in [-0.1, -0.05) is 18.2 Å². The van der Waals surface area contributed by atoms with Crippen LogP contribution in [0.5, 0.6) is 11.5 Å². The van der Waals surface area contributed by atoms with Crippen molar-refractivity contribution in [3.8, 4) is 11.5 Å². The Morgan fingerprint density at radius 1 is 1.00 bits per heavy atom. The number of rotatable bonds is 2. The molecule has 0 unspecified atom stereocenters. The van der Waals surface area contributed by atoms with Gasteiger partial charge in [-0.05, 0) is 51.5 Å². The van der Waals surface area contributed by atoms with Gasteiger partial charge in [0.05, 0.1) is 19.3 Å². The third-order valence-electron chi connectivity index (χ3n) is 4.92. The molecule has 0 amide bonds. The Bertz CT molecular complexity index is 902. The molecule has 30 heavy (non-hydrogen) atoms. The van der Waals surface area contributed by atoms with Gasteiger partial charge in [-0.3, -0.25) is 0 Å². The Balaban J connectivity index is 0.000000533. The molecule has 0 aliphatic carbocycles. The van der Waals surface area contributed by atoms with E-state index in [9.17, 15) is 4.79 Å². The number of benzene rings is 2. The summed E-state index contributed by atoms with van der Waals surface area (Å²) >= 11 is 0. The van der Waals surface area contributed by atoms with Gasteiger partial charge in [0, 0.05) is 24.0 Å². The summed E-state index contributed by atoms with van der Waals surface area (Å²) in [5.74, 6) is 1.42. The first-order chi connectivity index (χ1) is 13.2. The Morgan fingerprint density at radius 3 is 2.03 bits per heavy atom. The zero-order chi connectivity index (χ0) is 20.5. The number of ether oxygens (including phenoxy) is 3. The molecule has 0 saturated heterocycles. The third kappa shape index (κ3) is 5.85. The third-order valence-corrected chi connectivity index (χ3v) is 4.92. The van der Waals surface area contributed by atoms with Crippen molar-refractivity contribution in [3.63, 3.8) is 0 Å². The molecule has 2 aliphatic rings. The second-order valence-electron chi connectivity index (χ2n) is 8.40. The average Bonchev–Trinajstić information content (AvgIpc) is 3.13. The number of methoxy groups -OCH3 is 1. The minimum atomic E-state index is -0.298. The molecule has 7 heteroatoms. The summed E-state index contributed by atoms with van der Waals surface area (Å²) in [6.45, 7) is 8.24. The van der Waals surface area contributed by atoms with E-state index in [2.05, 4.69) is 13.8 Å². The molecule has 158 valence electrons. The van der Waals surface area contributed by atoms with Gasteiger partial charge in [-0.2, -0.15) is 0 Å². The average molecular weight is 422 g/mol. The number of fused-ring (bicyclic) bond motifs is 2. The molecule has 0 radical (unpaired) electrons. The van der Waals surface area contributed by atoms with Crippen LogP contribution in [0, 0.1) is 0 Å². The zero-order valence-electron chi connectivity index (χ0n) is 19.2. The Morgan fingerprint density at radius 2 is 1.50 bits per heavy atom. The molecule has 2 aromatic rings. The Kier molecular flexibility index (Phi) is 9.12. The van der Waals surface area contributed by atoms with Crippen LogP contribution >= 0.6 is 0 Å². The van der Waals surface area contributed by atoms with Gasteiger partial charge in [0.15, 0.2) is 17.4 Å². The van der Waals surface area contributed by atoms with Gasteiger partial charge in [0.2, 0.25) is 0 Å². The number of esters is 1. The fraction of sp³-hybridized carbons (Fsp3) is 0.435. The molecule has 2 aliphatic heterocycles. The largest absolute Gasteiger partial charge is 1.00 e. The van der Waals surface area contributed by atoms with Crippen molar-refractivity contribution in [2.45, 2.75) is 58.3 Å². The normalized spacial score (nSPS) is 16.2. The number of carbonyl (C=O) groups is 1. The van der Waals surface area contributed by atoms with E-state index in [0.717, 1.165) is 41.0 Å². The van der Waals surface area contributed by atoms with Crippen LogP contribution in [0.2, 0.25) is 0 Å². The second-order valence-corrected chi connectivity index (χ2v) is 8.40. The summed E-state index contributed by atoms with van der Waals surface area (Å²) in [6.07, 6.45) is 1.63. The van der Waals surface area contributed by atoms with Crippen LogP contribution in [0.3, 0.4) is 0 Å². The first kappa shape index (κ1) is 26.6. The molecule has 0 fully saturated rings. The summed E-state index contributed by atoms with van der Waals surface area (Å²) in [5.41, 5.74) is 3.37. The van der Waals surface area contributed by atoms with Crippen LogP contribution in [0.1, 0.15) is 56.2 Å². The summed E-state index contributed by atoms with van der Waals surface area (Å²) < 4.78 is 16.2. The van der Waals surface area contributed by atoms with Crippen molar-refractivity contribution < 1.29 is 44.4 Å². The molecule has 1 N–H and O–H groups in total. The maximum absolute atomic E-state index is 11.5. The van der Waals surface area contributed by atoms with Crippen LogP contribution in [0.4, 0.5) is 0 Å². The quantitative estimate of drug-likeness (QED) is 0.546. The van der Waals surface area contributed by atoms with Gasteiger partial charge in [-0.15, -0.1) is 0 Å². The van der Waals surface area contributed by atoms with Crippen LogP contribution in [-0.4, -0.2) is 46.7 Å².